The first-order valence-corrected chi connectivity index (χ1v) is 6.43. The van der Waals surface area contributed by atoms with E-state index in [9.17, 15) is 0 Å². The molecular weight excluding hydrogens is 170 g/mol. The number of hydrogen-bond donors (Lipinski definition) is 0. The second-order valence-electron chi connectivity index (χ2n) is 5.72. The largest absolute Gasteiger partial charge is 0.297 e. The number of hydrogen-bond acceptors (Lipinski definition) is 1. The molecule has 1 heterocycles. The van der Waals surface area contributed by atoms with Gasteiger partial charge in [-0.05, 0) is 51.4 Å². The van der Waals surface area contributed by atoms with Gasteiger partial charge >= 0.3 is 0 Å². The van der Waals surface area contributed by atoms with Crippen molar-refractivity contribution in [1.82, 2.24) is 4.90 Å². The van der Waals surface area contributed by atoms with E-state index in [0.29, 0.717) is 0 Å². The smallest absolute Gasteiger partial charge is 0.00957 e. The summed E-state index contributed by atoms with van der Waals surface area (Å²) in [7, 11) is 0. The highest BCUT2D eigenvalue weighted by atomic mass is 15.2. The second kappa shape index (κ2) is 3.84. The first-order chi connectivity index (χ1) is 6.67. The minimum absolute atomic E-state index is 0.748. The maximum atomic E-state index is 2.77. The van der Waals surface area contributed by atoms with Gasteiger partial charge < -0.3 is 0 Å². The Hall–Kier alpha value is -0.0400. The molecule has 2 aliphatic rings. The maximum Gasteiger partial charge on any atom is 0.00957 e. The van der Waals surface area contributed by atoms with Gasteiger partial charge in [0.05, 0.1) is 0 Å². The second-order valence-corrected chi connectivity index (χ2v) is 5.72. The standard InChI is InChI=1S/C13H25N/c1-4-12-6-9-13(7-5-8-13)10-14(12)11(2)3/h11-12H,4-10H2,1-3H3. The molecule has 0 aromatic rings. The molecule has 0 radical (unpaired) electrons. The lowest BCUT2D eigenvalue weighted by atomic mass is 9.63. The van der Waals surface area contributed by atoms with Gasteiger partial charge in [-0.2, -0.15) is 0 Å². The fourth-order valence-corrected chi connectivity index (χ4v) is 3.36. The summed E-state index contributed by atoms with van der Waals surface area (Å²) in [5, 5.41) is 0. The third kappa shape index (κ3) is 1.71. The van der Waals surface area contributed by atoms with Crippen LogP contribution >= 0.6 is 0 Å². The van der Waals surface area contributed by atoms with Crippen molar-refractivity contribution in [3.63, 3.8) is 0 Å². The van der Waals surface area contributed by atoms with E-state index in [-0.39, 0.29) is 0 Å². The minimum Gasteiger partial charge on any atom is -0.297 e. The predicted molar refractivity (Wildman–Crippen MR) is 61.4 cm³/mol. The van der Waals surface area contributed by atoms with Crippen LogP contribution in [0.15, 0.2) is 0 Å². The highest BCUT2D eigenvalue weighted by Crippen LogP contribution is 2.49. The molecule has 1 aliphatic heterocycles. The molecule has 0 aromatic heterocycles. The monoisotopic (exact) mass is 195 g/mol. The molecule has 2 fully saturated rings. The van der Waals surface area contributed by atoms with Crippen molar-refractivity contribution in [3.05, 3.63) is 0 Å². The summed E-state index contributed by atoms with van der Waals surface area (Å²) < 4.78 is 0. The summed E-state index contributed by atoms with van der Waals surface area (Å²) >= 11 is 0. The van der Waals surface area contributed by atoms with Crippen molar-refractivity contribution in [3.8, 4) is 0 Å². The Morgan fingerprint density at radius 2 is 2.00 bits per heavy atom. The Kier molecular flexibility index (Phi) is 2.88. The third-order valence-electron chi connectivity index (χ3n) is 4.54. The van der Waals surface area contributed by atoms with E-state index in [4.69, 9.17) is 0 Å². The van der Waals surface area contributed by atoms with Gasteiger partial charge in [0.15, 0.2) is 0 Å². The van der Waals surface area contributed by atoms with E-state index < -0.39 is 0 Å². The van der Waals surface area contributed by atoms with E-state index >= 15 is 0 Å². The maximum absolute atomic E-state index is 2.77. The lowest BCUT2D eigenvalue weighted by molar-refractivity contribution is -0.0278. The number of rotatable bonds is 2. The van der Waals surface area contributed by atoms with Crippen LogP contribution in [0.25, 0.3) is 0 Å². The van der Waals surface area contributed by atoms with Gasteiger partial charge in [-0.25, -0.2) is 0 Å². The zero-order valence-corrected chi connectivity index (χ0v) is 10.1. The molecule has 1 unspecified atom stereocenters. The van der Waals surface area contributed by atoms with Crippen LogP contribution in [0.3, 0.4) is 0 Å². The van der Waals surface area contributed by atoms with Gasteiger partial charge in [-0.15, -0.1) is 0 Å². The molecule has 1 aliphatic carbocycles. The third-order valence-corrected chi connectivity index (χ3v) is 4.54. The number of piperidine rings is 1. The Balaban J connectivity index is 2.01. The lowest BCUT2D eigenvalue weighted by Gasteiger charge is -2.53. The Labute approximate surface area is 88.9 Å². The van der Waals surface area contributed by atoms with Crippen molar-refractivity contribution in [2.24, 2.45) is 5.41 Å². The van der Waals surface area contributed by atoms with Crippen LogP contribution in [0.4, 0.5) is 0 Å². The first kappa shape index (κ1) is 10.5. The van der Waals surface area contributed by atoms with Crippen molar-refractivity contribution >= 4 is 0 Å². The number of likely N-dealkylation sites (tertiary alicyclic amines) is 1. The van der Waals surface area contributed by atoms with Gasteiger partial charge in [0.2, 0.25) is 0 Å². The lowest BCUT2D eigenvalue weighted by Crippen LogP contribution is -2.53. The van der Waals surface area contributed by atoms with Crippen molar-refractivity contribution in [1.29, 1.82) is 0 Å². The quantitative estimate of drug-likeness (QED) is 0.652. The van der Waals surface area contributed by atoms with E-state index in [2.05, 4.69) is 25.7 Å². The molecule has 0 N–H and O–H groups in total. The van der Waals surface area contributed by atoms with Crippen molar-refractivity contribution < 1.29 is 0 Å². The van der Waals surface area contributed by atoms with Crippen molar-refractivity contribution in [2.75, 3.05) is 6.54 Å². The van der Waals surface area contributed by atoms with Gasteiger partial charge in [-0.1, -0.05) is 13.3 Å². The summed E-state index contributed by atoms with van der Waals surface area (Å²) in [5.41, 5.74) is 0.760. The zero-order chi connectivity index (χ0) is 10.2. The highest BCUT2D eigenvalue weighted by molar-refractivity contribution is 4.96. The average Bonchev–Trinajstić information content (AvgIpc) is 2.14. The van der Waals surface area contributed by atoms with Crippen LogP contribution in [0.1, 0.15) is 59.3 Å². The summed E-state index contributed by atoms with van der Waals surface area (Å²) in [4.78, 5) is 2.77. The molecular formula is C13H25N. The van der Waals surface area contributed by atoms with Gasteiger partial charge in [0.25, 0.3) is 0 Å². The molecule has 1 spiro atoms. The van der Waals surface area contributed by atoms with Crippen LogP contribution in [0, 0.1) is 5.41 Å². The topological polar surface area (TPSA) is 3.24 Å². The van der Waals surface area contributed by atoms with E-state index in [1.807, 2.05) is 0 Å². The first-order valence-electron chi connectivity index (χ1n) is 6.43. The summed E-state index contributed by atoms with van der Waals surface area (Å²) in [6.45, 7) is 8.46. The van der Waals surface area contributed by atoms with Crippen LogP contribution < -0.4 is 0 Å². The molecule has 1 heteroatoms. The van der Waals surface area contributed by atoms with Crippen LogP contribution in [0.2, 0.25) is 0 Å². The molecule has 0 bridgehead atoms. The molecule has 82 valence electrons. The molecule has 2 rings (SSSR count). The van der Waals surface area contributed by atoms with Crippen LogP contribution in [0.5, 0.6) is 0 Å². The summed E-state index contributed by atoms with van der Waals surface area (Å²) in [6, 6.07) is 1.62. The Morgan fingerprint density at radius 1 is 1.29 bits per heavy atom. The normalized spacial score (nSPS) is 32.1. The molecule has 1 saturated carbocycles. The van der Waals surface area contributed by atoms with Gasteiger partial charge in [-0.3, -0.25) is 4.90 Å². The van der Waals surface area contributed by atoms with E-state index in [1.54, 1.807) is 0 Å². The SMILES string of the molecule is CCC1CCC2(CCC2)CN1C(C)C. The van der Waals surface area contributed by atoms with Crippen LogP contribution in [-0.4, -0.2) is 23.5 Å². The predicted octanol–water partition coefficient (Wildman–Crippen LogP) is 3.44. The van der Waals surface area contributed by atoms with Gasteiger partial charge in [0.1, 0.15) is 0 Å². The van der Waals surface area contributed by atoms with E-state index in [1.165, 1.54) is 45.1 Å². The molecule has 14 heavy (non-hydrogen) atoms. The molecule has 1 atom stereocenters. The summed E-state index contributed by atoms with van der Waals surface area (Å²) in [5.74, 6) is 0. The van der Waals surface area contributed by atoms with Gasteiger partial charge in [0, 0.05) is 18.6 Å². The highest BCUT2D eigenvalue weighted by Gasteiger charge is 2.43. The Morgan fingerprint density at radius 3 is 2.43 bits per heavy atom. The van der Waals surface area contributed by atoms with E-state index in [0.717, 1.165) is 17.5 Å². The van der Waals surface area contributed by atoms with Crippen LogP contribution in [-0.2, 0) is 0 Å². The summed E-state index contributed by atoms with van der Waals surface area (Å²) in [6.07, 6.45) is 8.81. The van der Waals surface area contributed by atoms with Crippen molar-refractivity contribution in [2.45, 2.75) is 71.4 Å². The minimum atomic E-state index is 0.748. The molecule has 0 amide bonds. The zero-order valence-electron chi connectivity index (χ0n) is 10.1. The molecule has 1 saturated heterocycles. The average molecular weight is 195 g/mol. The molecule has 1 nitrogen and oxygen atoms in total. The fourth-order valence-electron chi connectivity index (χ4n) is 3.36. The number of nitrogens with zero attached hydrogens (tertiary/aromatic N) is 1. The Bertz CT molecular complexity index is 193. The fraction of sp³-hybridized carbons (Fsp3) is 1.00. The molecule has 0 aromatic carbocycles.